The Morgan fingerprint density at radius 1 is 1.00 bits per heavy atom. The molecule has 2 saturated carbocycles. The van der Waals surface area contributed by atoms with Crippen LogP contribution < -0.4 is 18.9 Å². The van der Waals surface area contributed by atoms with Crippen LogP contribution >= 0.6 is 11.6 Å². The zero-order valence-corrected chi connectivity index (χ0v) is 38.1. The Hall–Kier alpha value is -4.69. The molecule has 3 fully saturated rings. The lowest BCUT2D eigenvalue weighted by atomic mass is 9.82. The SMILES string of the molecule is COc1ccc2c(O[C@@H]3C[C@H]4C(=O)C[C@]5(C(=O)NS(=O)(=O)C6CC6)C[C@H]5/C=C\CC[C@H](C)C[C@@H](C)[C@H](CC(=O)OC(C)(C)C)C(=O)N4C3)nc(-c3ccc(OC)c(Cl)c3)cc2c1. The summed E-state index contributed by atoms with van der Waals surface area (Å²) < 4.78 is 51.8. The van der Waals surface area contributed by atoms with Crippen LogP contribution in [-0.2, 0) is 33.9 Å². The maximum absolute atomic E-state index is 15.1. The van der Waals surface area contributed by atoms with Crippen molar-refractivity contribution < 1.29 is 46.5 Å². The summed E-state index contributed by atoms with van der Waals surface area (Å²) in [7, 11) is -0.776. The van der Waals surface area contributed by atoms with Crippen LogP contribution in [0.4, 0.5) is 0 Å². The molecule has 7 rings (SSSR count). The predicted molar refractivity (Wildman–Crippen MR) is 235 cm³/mol. The van der Waals surface area contributed by atoms with Crippen molar-refractivity contribution in [2.45, 2.75) is 115 Å². The van der Waals surface area contributed by atoms with E-state index in [4.69, 9.17) is 35.5 Å². The minimum absolute atomic E-state index is 0.00115. The maximum atomic E-state index is 15.1. The molecular weight excluding hydrogens is 834 g/mol. The van der Waals surface area contributed by atoms with Crippen molar-refractivity contribution in [3.63, 3.8) is 0 Å². The fraction of sp³-hybridized carbons (Fsp3) is 0.553. The van der Waals surface area contributed by atoms with E-state index in [1.165, 1.54) is 12.0 Å². The van der Waals surface area contributed by atoms with Gasteiger partial charge in [-0.05, 0) is 125 Å². The number of amides is 2. The van der Waals surface area contributed by atoms with E-state index in [-0.39, 0.29) is 61.1 Å². The van der Waals surface area contributed by atoms with Gasteiger partial charge in [0.05, 0.1) is 60.5 Å². The topological polar surface area (TPSA) is 167 Å². The monoisotopic (exact) mass is 891 g/mol. The van der Waals surface area contributed by atoms with Crippen LogP contribution in [0.1, 0.15) is 92.4 Å². The van der Waals surface area contributed by atoms with E-state index in [1.54, 1.807) is 46.1 Å². The number of pyridine rings is 1. The average Bonchev–Trinajstić information content (AvgIpc) is 4.14. The molecule has 1 N–H and O–H groups in total. The predicted octanol–water partition coefficient (Wildman–Crippen LogP) is 7.85. The number of hydrogen-bond acceptors (Lipinski definition) is 11. The number of fused-ring (bicyclic) bond motifs is 3. The Labute approximate surface area is 369 Å². The Balaban J connectivity index is 1.27. The molecule has 3 heterocycles. The fourth-order valence-electron chi connectivity index (χ4n) is 9.10. The van der Waals surface area contributed by atoms with E-state index in [2.05, 4.69) is 11.6 Å². The molecule has 4 aliphatic rings. The van der Waals surface area contributed by atoms with Gasteiger partial charge in [0.1, 0.15) is 23.2 Å². The van der Waals surface area contributed by atoms with Gasteiger partial charge >= 0.3 is 5.97 Å². The molecule has 0 bridgehead atoms. The van der Waals surface area contributed by atoms with Crippen molar-refractivity contribution in [1.82, 2.24) is 14.6 Å². The summed E-state index contributed by atoms with van der Waals surface area (Å²) in [6.07, 6.45) is 6.26. The molecule has 62 heavy (non-hydrogen) atoms. The van der Waals surface area contributed by atoms with E-state index in [0.717, 1.165) is 11.8 Å². The van der Waals surface area contributed by atoms with Crippen LogP contribution in [0.5, 0.6) is 17.4 Å². The number of carbonyl (C=O) groups is 4. The molecule has 15 heteroatoms. The second kappa shape index (κ2) is 17.8. The average molecular weight is 893 g/mol. The van der Waals surface area contributed by atoms with Crippen LogP contribution in [0.3, 0.4) is 0 Å². The molecule has 2 aliphatic heterocycles. The van der Waals surface area contributed by atoms with Crippen molar-refractivity contribution in [3.05, 3.63) is 59.6 Å². The molecule has 13 nitrogen and oxygen atoms in total. The van der Waals surface area contributed by atoms with E-state index in [0.29, 0.717) is 65.3 Å². The fourth-order valence-corrected chi connectivity index (χ4v) is 10.7. The van der Waals surface area contributed by atoms with Crippen LogP contribution in [0, 0.1) is 29.1 Å². The zero-order valence-electron chi connectivity index (χ0n) is 36.6. The number of benzene rings is 2. The van der Waals surface area contributed by atoms with Gasteiger partial charge in [0, 0.05) is 23.8 Å². The first-order chi connectivity index (χ1) is 29.3. The molecule has 0 radical (unpaired) electrons. The number of methoxy groups -OCH3 is 2. The summed E-state index contributed by atoms with van der Waals surface area (Å²) in [5, 5.41) is 1.21. The first kappa shape index (κ1) is 45.3. The standard InChI is InChI=1S/C47H58ClN3O10S/c1-27-10-8-9-11-31-24-47(31,45(55)50-62(56,57)34-14-15-34)25-40(52)39-22-33(26-51(39)44(54)36(28(2)18-27)23-42(53)61-46(3,4)5)60-43-35-16-13-32(58-6)19-30(35)21-38(49-43)29-12-17-41(59-7)37(48)20-29/h9,11-13,16-17,19-21,27-28,31,33-34,36,39H,8,10,14-15,18,22-26H2,1-7H3,(H,50,55)/b11-9-/t27-,28+,31+,33+,36-,39-,47+/m0/s1. The molecular formula is C47H58ClN3O10S. The van der Waals surface area contributed by atoms with Gasteiger partial charge in [0.25, 0.3) is 0 Å². The largest absolute Gasteiger partial charge is 0.497 e. The molecule has 334 valence electrons. The summed E-state index contributed by atoms with van der Waals surface area (Å²) in [6.45, 7) is 9.41. The van der Waals surface area contributed by atoms with Gasteiger partial charge in [-0.1, -0.05) is 37.6 Å². The van der Waals surface area contributed by atoms with E-state index in [1.807, 2.05) is 43.3 Å². The number of sulfonamides is 1. The summed E-state index contributed by atoms with van der Waals surface area (Å²) in [5.41, 5.74) is -0.818. The summed E-state index contributed by atoms with van der Waals surface area (Å²) in [6, 6.07) is 11.7. The highest BCUT2D eigenvalue weighted by Gasteiger charge is 2.61. The second-order valence-corrected chi connectivity index (χ2v) is 21.1. The third kappa shape index (κ3) is 10.1. The van der Waals surface area contributed by atoms with Crippen LogP contribution in [0.15, 0.2) is 54.6 Å². The number of nitrogens with zero attached hydrogens (tertiary/aromatic N) is 2. The highest BCUT2D eigenvalue weighted by molar-refractivity contribution is 7.90. The Bertz CT molecular complexity index is 2380. The van der Waals surface area contributed by atoms with Crippen molar-refractivity contribution in [1.29, 1.82) is 0 Å². The highest BCUT2D eigenvalue weighted by Crippen LogP contribution is 2.57. The lowest BCUT2D eigenvalue weighted by Gasteiger charge is -2.32. The van der Waals surface area contributed by atoms with E-state index < -0.39 is 56.2 Å². The van der Waals surface area contributed by atoms with Gasteiger partial charge in [-0.3, -0.25) is 23.9 Å². The Kier molecular flexibility index (Phi) is 13.0. The van der Waals surface area contributed by atoms with Gasteiger partial charge < -0.3 is 23.8 Å². The highest BCUT2D eigenvalue weighted by atomic mass is 35.5. The molecule has 7 atom stereocenters. The molecule has 1 aromatic heterocycles. The zero-order chi connectivity index (χ0) is 44.7. The number of aromatic nitrogens is 1. The van der Waals surface area contributed by atoms with Crippen molar-refractivity contribution in [2.75, 3.05) is 20.8 Å². The number of nitrogens with one attached hydrogen (secondary N) is 1. The van der Waals surface area contributed by atoms with Gasteiger partial charge in [0.2, 0.25) is 27.7 Å². The third-order valence-corrected chi connectivity index (χ3v) is 14.8. The van der Waals surface area contributed by atoms with Crippen LogP contribution in [-0.4, -0.2) is 85.6 Å². The number of ether oxygens (including phenoxy) is 4. The number of halogens is 1. The maximum Gasteiger partial charge on any atom is 0.307 e. The van der Waals surface area contributed by atoms with Crippen molar-refractivity contribution in [2.24, 2.45) is 29.1 Å². The second-order valence-electron chi connectivity index (χ2n) is 18.7. The summed E-state index contributed by atoms with van der Waals surface area (Å²) in [5.74, 6) is -1.80. The Morgan fingerprint density at radius 2 is 1.76 bits per heavy atom. The van der Waals surface area contributed by atoms with E-state index in [9.17, 15) is 22.8 Å². The first-order valence-electron chi connectivity index (χ1n) is 21.6. The molecule has 1 saturated heterocycles. The van der Waals surface area contributed by atoms with Gasteiger partial charge in [-0.15, -0.1) is 0 Å². The quantitative estimate of drug-likeness (QED) is 0.156. The lowest BCUT2D eigenvalue weighted by molar-refractivity contribution is -0.160. The minimum Gasteiger partial charge on any atom is -0.497 e. The van der Waals surface area contributed by atoms with E-state index >= 15 is 4.79 Å². The molecule has 2 aliphatic carbocycles. The van der Waals surface area contributed by atoms with Crippen molar-refractivity contribution in [3.8, 4) is 28.6 Å². The Morgan fingerprint density at radius 3 is 2.44 bits per heavy atom. The smallest absolute Gasteiger partial charge is 0.307 e. The van der Waals surface area contributed by atoms with Crippen LogP contribution in [0.2, 0.25) is 5.02 Å². The molecule has 3 aromatic rings. The van der Waals surface area contributed by atoms with Gasteiger partial charge in [-0.25, -0.2) is 13.4 Å². The number of esters is 1. The summed E-state index contributed by atoms with van der Waals surface area (Å²) in [4.78, 5) is 63.9. The first-order valence-corrected chi connectivity index (χ1v) is 23.5. The number of rotatable bonds is 10. The van der Waals surface area contributed by atoms with Crippen LogP contribution in [0.25, 0.3) is 22.0 Å². The van der Waals surface area contributed by atoms with Gasteiger partial charge in [0.15, 0.2) is 5.78 Å². The lowest BCUT2D eigenvalue weighted by Crippen LogP contribution is -2.47. The number of hydrogen-bond donors (Lipinski definition) is 1. The molecule has 0 spiro atoms. The number of ketones is 1. The summed E-state index contributed by atoms with van der Waals surface area (Å²) >= 11 is 6.54. The molecule has 2 amide bonds. The molecule has 2 aromatic carbocycles. The normalized spacial score (nSPS) is 27.6. The number of Topliss-reactive ketones (excluding diaryl/α,β-unsaturated/α-hetero) is 1. The minimum atomic E-state index is -3.89. The third-order valence-electron chi connectivity index (χ3n) is 12.7. The van der Waals surface area contributed by atoms with Crippen molar-refractivity contribution >= 4 is 56.0 Å². The van der Waals surface area contributed by atoms with Gasteiger partial charge in [-0.2, -0.15) is 0 Å². The number of carbonyl (C=O) groups excluding carboxylic acids is 4. The molecule has 0 unspecified atom stereocenters. The number of allylic oxidation sites excluding steroid dienone is 2.